The Kier molecular flexibility index (Phi) is 8.54. The van der Waals surface area contributed by atoms with Crippen LogP contribution < -0.4 is 5.73 Å². The number of ether oxygens (including phenoxy) is 3. The summed E-state index contributed by atoms with van der Waals surface area (Å²) in [6.45, 7) is 6.22. The van der Waals surface area contributed by atoms with Gasteiger partial charge in [0.2, 0.25) is 0 Å². The predicted octanol–water partition coefficient (Wildman–Crippen LogP) is -0.319. The van der Waals surface area contributed by atoms with Gasteiger partial charge < -0.3 is 30.2 Å². The molecule has 0 saturated carbocycles. The average molecular weight is 263 g/mol. The lowest BCUT2D eigenvalue weighted by Crippen LogP contribution is -2.06. The molecule has 18 heavy (non-hydrogen) atoms. The topological polar surface area (TPSA) is 135 Å². The molecule has 0 radical (unpaired) electrons. The first kappa shape index (κ1) is 16.4. The number of hydrogen-bond acceptors (Lipinski definition) is 5. The summed E-state index contributed by atoms with van der Waals surface area (Å²) >= 11 is 0. The zero-order chi connectivity index (χ0) is 14.0. The molecule has 2 aliphatic heterocycles. The molecular formula is C10H17NO7. The molecule has 2 unspecified atom stereocenters. The molecule has 1 amide bonds. The van der Waals surface area contributed by atoms with Crippen LogP contribution in [-0.2, 0) is 19.0 Å². The standard InChI is InChI=1S/C6H10O3.C3H4O2.CH3NO2/c1(5-3-8-5)7-2-6-4-9-6;1-2-3(4)5;2-1(3)4/h5-6H,1-4H2;2H,1H2,(H,4,5);2H2,(H,3,4). The van der Waals surface area contributed by atoms with Crippen LogP contribution in [0.5, 0.6) is 0 Å². The van der Waals surface area contributed by atoms with Crippen molar-refractivity contribution in [1.82, 2.24) is 0 Å². The van der Waals surface area contributed by atoms with E-state index in [0.717, 1.165) is 32.5 Å². The lowest BCUT2D eigenvalue weighted by molar-refractivity contribution is -0.131. The van der Waals surface area contributed by atoms with Gasteiger partial charge in [-0.05, 0) is 0 Å². The molecule has 0 aliphatic carbocycles. The molecule has 8 heteroatoms. The number of epoxide rings is 2. The lowest BCUT2D eigenvalue weighted by atomic mass is 10.5. The maximum atomic E-state index is 9.25. The number of carboxylic acids is 1. The van der Waals surface area contributed by atoms with Crippen LogP contribution >= 0.6 is 0 Å². The summed E-state index contributed by atoms with van der Waals surface area (Å²) in [6.07, 6.45) is 0.285. The summed E-state index contributed by atoms with van der Waals surface area (Å²) < 4.78 is 15.1. The van der Waals surface area contributed by atoms with Gasteiger partial charge in [-0.15, -0.1) is 0 Å². The summed E-state index contributed by atoms with van der Waals surface area (Å²) in [5.41, 5.74) is 4.03. The van der Waals surface area contributed by atoms with E-state index >= 15 is 0 Å². The van der Waals surface area contributed by atoms with Gasteiger partial charge in [0.25, 0.3) is 0 Å². The van der Waals surface area contributed by atoms with Gasteiger partial charge in [0.15, 0.2) is 0 Å². The van der Waals surface area contributed by atoms with Crippen LogP contribution in [0.1, 0.15) is 0 Å². The van der Waals surface area contributed by atoms with E-state index in [-0.39, 0.29) is 0 Å². The monoisotopic (exact) mass is 263 g/mol. The largest absolute Gasteiger partial charge is 0.478 e. The highest BCUT2D eigenvalue weighted by Gasteiger charge is 2.26. The van der Waals surface area contributed by atoms with Gasteiger partial charge in [-0.2, -0.15) is 0 Å². The first-order chi connectivity index (χ1) is 8.45. The molecule has 0 bridgehead atoms. The summed E-state index contributed by atoms with van der Waals surface area (Å²) in [4.78, 5) is 18.0. The van der Waals surface area contributed by atoms with Gasteiger partial charge in [-0.25, -0.2) is 9.59 Å². The number of hydrogen-bond donors (Lipinski definition) is 3. The molecule has 0 aromatic rings. The molecule has 2 aliphatic rings. The first-order valence-electron chi connectivity index (χ1n) is 5.10. The second-order valence-corrected chi connectivity index (χ2v) is 3.33. The van der Waals surface area contributed by atoms with Gasteiger partial charge >= 0.3 is 12.1 Å². The summed E-state index contributed by atoms with van der Waals surface area (Å²) in [6, 6.07) is 0. The molecule has 104 valence electrons. The lowest BCUT2D eigenvalue weighted by Gasteiger charge is -1.95. The van der Waals surface area contributed by atoms with Gasteiger partial charge in [0.1, 0.15) is 12.2 Å². The van der Waals surface area contributed by atoms with Crippen molar-refractivity contribution in [3.8, 4) is 0 Å². The quantitative estimate of drug-likeness (QED) is 0.457. The number of carboxylic acid groups (broad SMARTS) is 2. The summed E-state index contributed by atoms with van der Waals surface area (Å²) in [5.74, 6) is -0.981. The Bertz CT molecular complexity index is 257. The highest BCUT2D eigenvalue weighted by Crippen LogP contribution is 2.12. The SMILES string of the molecule is C(OCC1CO1)C1CO1.C=CC(=O)O.NC(=O)O. The van der Waals surface area contributed by atoms with E-state index in [1.807, 2.05) is 0 Å². The molecule has 2 heterocycles. The van der Waals surface area contributed by atoms with Crippen molar-refractivity contribution in [2.45, 2.75) is 12.2 Å². The minimum Gasteiger partial charge on any atom is -0.478 e. The fourth-order valence-electron chi connectivity index (χ4n) is 0.659. The third-order valence-electron chi connectivity index (χ3n) is 1.59. The van der Waals surface area contributed by atoms with Gasteiger partial charge in [0.05, 0.1) is 26.4 Å². The predicted molar refractivity (Wildman–Crippen MR) is 60.3 cm³/mol. The number of primary amides is 1. The zero-order valence-electron chi connectivity index (χ0n) is 9.78. The Balaban J connectivity index is 0.000000278. The summed E-state index contributed by atoms with van der Waals surface area (Å²) in [7, 11) is 0. The number of carbonyl (C=O) groups is 2. The maximum Gasteiger partial charge on any atom is 0.402 e. The minimum absolute atomic E-state index is 0.392. The van der Waals surface area contributed by atoms with Crippen LogP contribution in [0.3, 0.4) is 0 Å². The van der Waals surface area contributed by atoms with E-state index in [2.05, 4.69) is 12.3 Å². The smallest absolute Gasteiger partial charge is 0.402 e. The number of nitrogens with two attached hydrogens (primary N) is 1. The molecule has 8 nitrogen and oxygen atoms in total. The van der Waals surface area contributed by atoms with Crippen molar-refractivity contribution in [3.63, 3.8) is 0 Å². The van der Waals surface area contributed by atoms with Crippen molar-refractivity contribution >= 4 is 12.1 Å². The van der Waals surface area contributed by atoms with Crippen LogP contribution in [0.2, 0.25) is 0 Å². The molecule has 0 aromatic carbocycles. The molecular weight excluding hydrogens is 246 g/mol. The van der Waals surface area contributed by atoms with Crippen LogP contribution in [0.4, 0.5) is 4.79 Å². The Morgan fingerprint density at radius 1 is 1.28 bits per heavy atom. The Hall–Kier alpha value is -1.64. The third-order valence-corrected chi connectivity index (χ3v) is 1.59. The average Bonchev–Trinajstić information content (AvgIpc) is 3.12. The fourth-order valence-corrected chi connectivity index (χ4v) is 0.659. The summed E-state index contributed by atoms with van der Waals surface area (Å²) in [5, 5.41) is 14.8. The highest BCUT2D eigenvalue weighted by atomic mass is 16.6. The van der Waals surface area contributed by atoms with Crippen molar-refractivity contribution in [1.29, 1.82) is 0 Å². The zero-order valence-corrected chi connectivity index (χ0v) is 9.78. The van der Waals surface area contributed by atoms with E-state index in [1.165, 1.54) is 0 Å². The Morgan fingerprint density at radius 2 is 1.56 bits per heavy atom. The van der Waals surface area contributed by atoms with Gasteiger partial charge in [-0.3, -0.25) is 0 Å². The van der Waals surface area contributed by atoms with Crippen molar-refractivity contribution in [2.24, 2.45) is 5.73 Å². The minimum atomic E-state index is -1.33. The van der Waals surface area contributed by atoms with E-state index < -0.39 is 12.1 Å². The third kappa shape index (κ3) is 16.8. The second kappa shape index (κ2) is 9.40. The molecule has 2 saturated heterocycles. The normalized spacial score (nSPS) is 22.4. The van der Waals surface area contributed by atoms with Crippen molar-refractivity contribution in [2.75, 3.05) is 26.4 Å². The van der Waals surface area contributed by atoms with Gasteiger partial charge in [0, 0.05) is 6.08 Å². The maximum absolute atomic E-state index is 9.25. The number of aliphatic carboxylic acids is 1. The van der Waals surface area contributed by atoms with Crippen LogP contribution in [0.15, 0.2) is 12.7 Å². The number of amides is 1. The molecule has 0 spiro atoms. The van der Waals surface area contributed by atoms with Crippen LogP contribution in [0, 0.1) is 0 Å². The fraction of sp³-hybridized carbons (Fsp3) is 0.600. The number of rotatable bonds is 5. The van der Waals surface area contributed by atoms with Gasteiger partial charge in [-0.1, -0.05) is 6.58 Å². The molecule has 4 N–H and O–H groups in total. The van der Waals surface area contributed by atoms with E-state index in [1.54, 1.807) is 0 Å². The van der Waals surface area contributed by atoms with E-state index in [4.69, 9.17) is 29.2 Å². The molecule has 2 fully saturated rings. The van der Waals surface area contributed by atoms with Crippen molar-refractivity contribution in [3.05, 3.63) is 12.7 Å². The Labute approximate surface area is 104 Å². The molecule has 0 aromatic heterocycles. The molecule has 2 rings (SSSR count). The van der Waals surface area contributed by atoms with E-state index in [9.17, 15) is 4.79 Å². The molecule has 2 atom stereocenters. The Morgan fingerprint density at radius 3 is 1.72 bits per heavy atom. The highest BCUT2D eigenvalue weighted by molar-refractivity contribution is 5.78. The van der Waals surface area contributed by atoms with Crippen molar-refractivity contribution < 1.29 is 34.0 Å². The second-order valence-electron chi connectivity index (χ2n) is 3.33. The van der Waals surface area contributed by atoms with Crippen LogP contribution in [-0.4, -0.2) is 60.9 Å². The first-order valence-corrected chi connectivity index (χ1v) is 5.10. The van der Waals surface area contributed by atoms with E-state index in [0.29, 0.717) is 12.2 Å². The van der Waals surface area contributed by atoms with Crippen LogP contribution in [0.25, 0.3) is 0 Å².